The van der Waals surface area contributed by atoms with Crippen molar-refractivity contribution in [2.45, 2.75) is 20.4 Å². The molecular formula is C13H18N2. The van der Waals surface area contributed by atoms with Gasteiger partial charge in [0.2, 0.25) is 0 Å². The molecule has 0 aliphatic carbocycles. The molecule has 0 atom stereocenters. The molecule has 0 N–H and O–H groups in total. The summed E-state index contributed by atoms with van der Waals surface area (Å²) in [5.74, 6) is 0. The molecule has 15 heavy (non-hydrogen) atoms. The number of fused-ring (bicyclic) bond motifs is 1. The van der Waals surface area contributed by atoms with Gasteiger partial charge in [0.05, 0.1) is 5.52 Å². The van der Waals surface area contributed by atoms with Crippen molar-refractivity contribution in [2.75, 3.05) is 19.0 Å². The van der Waals surface area contributed by atoms with Crippen molar-refractivity contribution in [3.63, 3.8) is 0 Å². The molecule has 2 nitrogen and oxygen atoms in total. The quantitative estimate of drug-likeness (QED) is 0.726. The first kappa shape index (κ1) is 10.1. The molecule has 2 rings (SSSR count). The van der Waals surface area contributed by atoms with E-state index in [1.807, 2.05) is 0 Å². The lowest BCUT2D eigenvalue weighted by atomic mass is 10.2. The first-order chi connectivity index (χ1) is 7.13. The fourth-order valence-corrected chi connectivity index (χ4v) is 2.00. The van der Waals surface area contributed by atoms with Crippen LogP contribution in [0.3, 0.4) is 0 Å². The lowest BCUT2D eigenvalue weighted by molar-refractivity contribution is 0.795. The number of rotatable bonds is 2. The molecule has 1 aromatic carbocycles. The second kappa shape index (κ2) is 3.61. The molecule has 0 amide bonds. The van der Waals surface area contributed by atoms with Gasteiger partial charge in [0, 0.05) is 37.9 Å². The monoisotopic (exact) mass is 202 g/mol. The van der Waals surface area contributed by atoms with Crippen molar-refractivity contribution >= 4 is 16.6 Å². The van der Waals surface area contributed by atoms with E-state index < -0.39 is 0 Å². The van der Waals surface area contributed by atoms with E-state index in [1.165, 1.54) is 22.2 Å². The van der Waals surface area contributed by atoms with Crippen LogP contribution >= 0.6 is 0 Å². The SMILES string of the molecule is CCn1cc(C)c2ccc(N(C)C)cc21. The molecule has 0 spiro atoms. The number of aryl methyl sites for hydroxylation is 2. The van der Waals surface area contributed by atoms with E-state index in [0.29, 0.717) is 0 Å². The van der Waals surface area contributed by atoms with Gasteiger partial charge in [-0.15, -0.1) is 0 Å². The summed E-state index contributed by atoms with van der Waals surface area (Å²) in [6.07, 6.45) is 2.23. The fraction of sp³-hybridized carbons (Fsp3) is 0.385. The molecule has 1 aromatic heterocycles. The van der Waals surface area contributed by atoms with E-state index in [0.717, 1.165) is 6.54 Å². The molecule has 0 saturated heterocycles. The number of benzene rings is 1. The highest BCUT2D eigenvalue weighted by atomic mass is 15.1. The van der Waals surface area contributed by atoms with Crippen LogP contribution in [0.4, 0.5) is 5.69 Å². The Balaban J connectivity index is 2.68. The Bertz CT molecular complexity index is 480. The Morgan fingerprint density at radius 2 is 2.00 bits per heavy atom. The zero-order valence-electron chi connectivity index (χ0n) is 9.91. The van der Waals surface area contributed by atoms with Crippen LogP contribution in [0.5, 0.6) is 0 Å². The van der Waals surface area contributed by atoms with E-state index in [9.17, 15) is 0 Å². The molecule has 0 radical (unpaired) electrons. The second-order valence-corrected chi connectivity index (χ2v) is 4.19. The van der Waals surface area contributed by atoms with Crippen molar-refractivity contribution < 1.29 is 0 Å². The van der Waals surface area contributed by atoms with Crippen molar-refractivity contribution in [2.24, 2.45) is 0 Å². The molecule has 0 fully saturated rings. The van der Waals surface area contributed by atoms with Crippen molar-refractivity contribution in [1.82, 2.24) is 4.57 Å². The zero-order valence-corrected chi connectivity index (χ0v) is 9.91. The fourth-order valence-electron chi connectivity index (χ4n) is 2.00. The lowest BCUT2D eigenvalue weighted by Gasteiger charge is -2.13. The van der Waals surface area contributed by atoms with E-state index in [4.69, 9.17) is 0 Å². The standard InChI is InChI=1S/C13H18N2/c1-5-15-9-10(2)12-7-6-11(14(3)4)8-13(12)15/h6-9H,5H2,1-4H3. The summed E-state index contributed by atoms with van der Waals surface area (Å²) in [5.41, 5.74) is 3.95. The van der Waals surface area contributed by atoms with E-state index >= 15 is 0 Å². The molecule has 0 aliphatic heterocycles. The Morgan fingerprint density at radius 1 is 1.27 bits per heavy atom. The van der Waals surface area contributed by atoms with Crippen molar-refractivity contribution in [3.05, 3.63) is 30.0 Å². The Morgan fingerprint density at radius 3 is 2.60 bits per heavy atom. The van der Waals surface area contributed by atoms with Gasteiger partial charge >= 0.3 is 0 Å². The molecule has 0 aliphatic rings. The molecular weight excluding hydrogens is 184 g/mol. The smallest absolute Gasteiger partial charge is 0.0503 e. The predicted molar refractivity (Wildman–Crippen MR) is 66.7 cm³/mol. The Labute approximate surface area is 91.1 Å². The molecule has 80 valence electrons. The topological polar surface area (TPSA) is 8.17 Å². The number of hydrogen-bond donors (Lipinski definition) is 0. The van der Waals surface area contributed by atoms with Gasteiger partial charge < -0.3 is 9.47 Å². The summed E-state index contributed by atoms with van der Waals surface area (Å²) >= 11 is 0. The highest BCUT2D eigenvalue weighted by Crippen LogP contribution is 2.25. The molecule has 0 saturated carbocycles. The molecule has 0 bridgehead atoms. The van der Waals surface area contributed by atoms with Gasteiger partial charge in [-0.3, -0.25) is 0 Å². The van der Waals surface area contributed by atoms with E-state index in [-0.39, 0.29) is 0 Å². The van der Waals surface area contributed by atoms with Gasteiger partial charge in [-0.05, 0) is 31.5 Å². The van der Waals surface area contributed by atoms with Crippen LogP contribution in [0.1, 0.15) is 12.5 Å². The summed E-state index contributed by atoms with van der Waals surface area (Å²) in [7, 11) is 4.15. The largest absolute Gasteiger partial charge is 0.378 e. The number of nitrogens with zero attached hydrogens (tertiary/aromatic N) is 2. The maximum Gasteiger partial charge on any atom is 0.0503 e. The Kier molecular flexibility index (Phi) is 2.43. The van der Waals surface area contributed by atoms with Crippen LogP contribution in [0.25, 0.3) is 10.9 Å². The number of hydrogen-bond acceptors (Lipinski definition) is 1. The minimum absolute atomic E-state index is 1.03. The third-order valence-corrected chi connectivity index (χ3v) is 2.92. The average Bonchev–Trinajstić information content (AvgIpc) is 2.55. The number of anilines is 1. The zero-order chi connectivity index (χ0) is 11.0. The third-order valence-electron chi connectivity index (χ3n) is 2.92. The van der Waals surface area contributed by atoms with Gasteiger partial charge in [0.15, 0.2) is 0 Å². The van der Waals surface area contributed by atoms with Crippen molar-refractivity contribution in [1.29, 1.82) is 0 Å². The van der Waals surface area contributed by atoms with E-state index in [2.05, 4.69) is 61.8 Å². The minimum atomic E-state index is 1.03. The summed E-state index contributed by atoms with van der Waals surface area (Å²) in [6.45, 7) is 5.38. The highest BCUT2D eigenvalue weighted by molar-refractivity contribution is 5.86. The van der Waals surface area contributed by atoms with Crippen LogP contribution < -0.4 is 4.90 Å². The molecule has 2 heteroatoms. The van der Waals surface area contributed by atoms with Gasteiger partial charge in [0.25, 0.3) is 0 Å². The van der Waals surface area contributed by atoms with Gasteiger partial charge in [-0.2, -0.15) is 0 Å². The maximum atomic E-state index is 2.30. The van der Waals surface area contributed by atoms with Crippen LogP contribution in [-0.2, 0) is 6.54 Å². The predicted octanol–water partition coefficient (Wildman–Crippen LogP) is 3.04. The van der Waals surface area contributed by atoms with Crippen LogP contribution in [-0.4, -0.2) is 18.7 Å². The summed E-state index contributed by atoms with van der Waals surface area (Å²) in [6, 6.07) is 6.65. The van der Waals surface area contributed by atoms with E-state index in [1.54, 1.807) is 0 Å². The molecule has 1 heterocycles. The molecule has 2 aromatic rings. The van der Waals surface area contributed by atoms with Gasteiger partial charge in [-0.25, -0.2) is 0 Å². The first-order valence-electron chi connectivity index (χ1n) is 5.40. The van der Waals surface area contributed by atoms with Crippen LogP contribution in [0, 0.1) is 6.92 Å². The normalized spacial score (nSPS) is 10.9. The minimum Gasteiger partial charge on any atom is -0.378 e. The summed E-state index contributed by atoms with van der Waals surface area (Å²) in [5, 5.41) is 1.36. The van der Waals surface area contributed by atoms with Gasteiger partial charge in [0.1, 0.15) is 0 Å². The maximum absolute atomic E-state index is 2.30. The second-order valence-electron chi connectivity index (χ2n) is 4.19. The third kappa shape index (κ3) is 1.60. The average molecular weight is 202 g/mol. The summed E-state index contributed by atoms with van der Waals surface area (Å²) in [4.78, 5) is 2.14. The van der Waals surface area contributed by atoms with Gasteiger partial charge in [-0.1, -0.05) is 6.07 Å². The molecule has 0 unspecified atom stereocenters. The Hall–Kier alpha value is -1.44. The van der Waals surface area contributed by atoms with Crippen LogP contribution in [0.2, 0.25) is 0 Å². The highest BCUT2D eigenvalue weighted by Gasteiger charge is 2.05. The van der Waals surface area contributed by atoms with Crippen molar-refractivity contribution in [3.8, 4) is 0 Å². The number of aromatic nitrogens is 1. The summed E-state index contributed by atoms with van der Waals surface area (Å²) < 4.78 is 2.30. The first-order valence-corrected chi connectivity index (χ1v) is 5.40. The lowest BCUT2D eigenvalue weighted by Crippen LogP contribution is -2.08. The van der Waals surface area contributed by atoms with Crippen LogP contribution in [0.15, 0.2) is 24.4 Å².